The maximum atomic E-state index is 12.5. The molecule has 4 rings (SSSR count). The molecule has 148 valence electrons. The van der Waals surface area contributed by atoms with Gasteiger partial charge in [-0.1, -0.05) is 24.3 Å². The van der Waals surface area contributed by atoms with E-state index in [1.54, 1.807) is 13.4 Å². The van der Waals surface area contributed by atoms with Crippen LogP contribution >= 0.6 is 0 Å². The molecule has 1 aromatic heterocycles. The molecular formula is C23H24N4O2. The van der Waals surface area contributed by atoms with Crippen molar-refractivity contribution >= 4 is 11.7 Å². The van der Waals surface area contributed by atoms with Crippen molar-refractivity contribution in [3.63, 3.8) is 0 Å². The van der Waals surface area contributed by atoms with Gasteiger partial charge in [-0.15, -0.1) is 0 Å². The van der Waals surface area contributed by atoms with Crippen molar-refractivity contribution < 1.29 is 9.53 Å². The molecule has 0 atom stereocenters. The number of hydrogen-bond acceptors (Lipinski definition) is 5. The van der Waals surface area contributed by atoms with E-state index in [1.165, 1.54) is 12.8 Å². The summed E-state index contributed by atoms with van der Waals surface area (Å²) < 4.78 is 5.22. The van der Waals surface area contributed by atoms with Crippen LogP contribution in [0, 0.1) is 0 Å². The summed E-state index contributed by atoms with van der Waals surface area (Å²) in [4.78, 5) is 23.6. The molecule has 1 saturated heterocycles. The van der Waals surface area contributed by atoms with Gasteiger partial charge in [0.25, 0.3) is 5.91 Å². The van der Waals surface area contributed by atoms with E-state index in [9.17, 15) is 4.79 Å². The van der Waals surface area contributed by atoms with E-state index in [2.05, 4.69) is 20.2 Å². The van der Waals surface area contributed by atoms with Crippen LogP contribution in [0.1, 0.15) is 28.8 Å². The minimum Gasteiger partial charge on any atom is -0.497 e. The molecule has 1 amide bonds. The van der Waals surface area contributed by atoms with E-state index < -0.39 is 0 Å². The Morgan fingerprint density at radius 1 is 1.07 bits per heavy atom. The molecule has 0 unspecified atom stereocenters. The third kappa shape index (κ3) is 4.54. The average molecular weight is 388 g/mol. The predicted molar refractivity (Wildman–Crippen MR) is 113 cm³/mol. The van der Waals surface area contributed by atoms with Gasteiger partial charge in [0.1, 0.15) is 17.9 Å². The Kier molecular flexibility index (Phi) is 5.70. The zero-order valence-corrected chi connectivity index (χ0v) is 16.5. The number of amides is 1. The van der Waals surface area contributed by atoms with Gasteiger partial charge in [0, 0.05) is 36.8 Å². The third-order valence-corrected chi connectivity index (χ3v) is 5.11. The van der Waals surface area contributed by atoms with Crippen LogP contribution in [0.15, 0.2) is 60.9 Å². The second-order valence-corrected chi connectivity index (χ2v) is 7.07. The number of nitrogens with one attached hydrogen (secondary N) is 1. The summed E-state index contributed by atoms with van der Waals surface area (Å²) in [5.41, 5.74) is 3.44. The number of ether oxygens (including phenoxy) is 1. The van der Waals surface area contributed by atoms with E-state index in [-0.39, 0.29) is 5.91 Å². The Bertz CT molecular complexity index is 982. The van der Waals surface area contributed by atoms with Crippen LogP contribution in [-0.4, -0.2) is 36.1 Å². The number of benzene rings is 2. The van der Waals surface area contributed by atoms with Crippen molar-refractivity contribution in [1.82, 2.24) is 15.3 Å². The van der Waals surface area contributed by atoms with Crippen LogP contribution in [0.5, 0.6) is 5.75 Å². The van der Waals surface area contributed by atoms with Crippen molar-refractivity contribution in [2.45, 2.75) is 19.4 Å². The topological polar surface area (TPSA) is 67.3 Å². The molecule has 1 aliphatic rings. The highest BCUT2D eigenvalue weighted by atomic mass is 16.5. The highest BCUT2D eigenvalue weighted by Gasteiger charge is 2.14. The first-order valence-electron chi connectivity index (χ1n) is 9.81. The first-order valence-corrected chi connectivity index (χ1v) is 9.81. The van der Waals surface area contributed by atoms with Crippen molar-refractivity contribution in [1.29, 1.82) is 0 Å². The number of rotatable bonds is 6. The summed E-state index contributed by atoms with van der Waals surface area (Å²) in [5, 5.41) is 2.95. The Labute approximate surface area is 170 Å². The molecule has 3 aromatic rings. The largest absolute Gasteiger partial charge is 0.497 e. The number of aromatic nitrogens is 2. The quantitative estimate of drug-likeness (QED) is 0.698. The number of carbonyl (C=O) groups is 1. The summed E-state index contributed by atoms with van der Waals surface area (Å²) in [6, 6.07) is 17.2. The lowest BCUT2D eigenvalue weighted by molar-refractivity contribution is 0.0951. The standard InChI is InChI=1S/C23H24N4O2/c1-29-20-6-4-5-17(13-20)15-24-23(28)19-9-7-18(8-10-19)21-14-22(26-16-25-21)27-11-2-3-12-27/h4-10,13-14,16H,2-3,11-12,15H2,1H3,(H,24,28). The van der Waals surface area contributed by atoms with Gasteiger partial charge < -0.3 is 15.0 Å². The third-order valence-electron chi connectivity index (χ3n) is 5.11. The lowest BCUT2D eigenvalue weighted by atomic mass is 10.1. The second-order valence-electron chi connectivity index (χ2n) is 7.07. The zero-order valence-electron chi connectivity index (χ0n) is 16.5. The number of anilines is 1. The molecule has 0 bridgehead atoms. The van der Waals surface area contributed by atoms with Gasteiger partial charge in [-0.05, 0) is 42.7 Å². The van der Waals surface area contributed by atoms with Gasteiger partial charge >= 0.3 is 0 Å². The van der Waals surface area contributed by atoms with Crippen molar-refractivity contribution in [2.75, 3.05) is 25.1 Å². The molecule has 2 aromatic carbocycles. The fourth-order valence-electron chi connectivity index (χ4n) is 3.48. The summed E-state index contributed by atoms with van der Waals surface area (Å²) in [6.45, 7) is 2.54. The minimum atomic E-state index is -0.111. The first kappa shape index (κ1) is 18.9. The van der Waals surface area contributed by atoms with Crippen LogP contribution in [-0.2, 0) is 6.54 Å². The molecular weight excluding hydrogens is 364 g/mol. The van der Waals surface area contributed by atoms with Crippen molar-refractivity contribution in [2.24, 2.45) is 0 Å². The Hall–Kier alpha value is -3.41. The number of carbonyl (C=O) groups excluding carboxylic acids is 1. The summed E-state index contributed by atoms with van der Waals surface area (Å²) in [6.07, 6.45) is 4.02. The van der Waals surface area contributed by atoms with Crippen LogP contribution in [0.3, 0.4) is 0 Å². The van der Waals surface area contributed by atoms with Gasteiger partial charge in [-0.25, -0.2) is 9.97 Å². The average Bonchev–Trinajstić information content (AvgIpc) is 3.33. The molecule has 6 heteroatoms. The normalized spacial score (nSPS) is 13.3. The Balaban J connectivity index is 1.42. The Morgan fingerprint density at radius 2 is 1.86 bits per heavy atom. The summed E-state index contributed by atoms with van der Waals surface area (Å²) in [5.74, 6) is 1.63. The zero-order chi connectivity index (χ0) is 20.1. The van der Waals surface area contributed by atoms with Crippen LogP contribution in [0.2, 0.25) is 0 Å². The predicted octanol–water partition coefficient (Wildman–Crippen LogP) is 3.68. The van der Waals surface area contributed by atoms with E-state index in [0.29, 0.717) is 12.1 Å². The van der Waals surface area contributed by atoms with Gasteiger partial charge in [0.15, 0.2) is 0 Å². The molecule has 2 heterocycles. The maximum absolute atomic E-state index is 12.5. The molecule has 0 saturated carbocycles. The molecule has 6 nitrogen and oxygen atoms in total. The number of hydrogen-bond donors (Lipinski definition) is 1. The lowest BCUT2D eigenvalue weighted by Gasteiger charge is -2.16. The van der Waals surface area contributed by atoms with Crippen LogP contribution in [0.25, 0.3) is 11.3 Å². The van der Waals surface area contributed by atoms with Crippen LogP contribution in [0.4, 0.5) is 5.82 Å². The minimum absolute atomic E-state index is 0.111. The van der Waals surface area contributed by atoms with E-state index in [1.807, 2.05) is 54.6 Å². The van der Waals surface area contributed by atoms with E-state index in [4.69, 9.17) is 4.74 Å². The number of nitrogens with zero attached hydrogens (tertiary/aromatic N) is 3. The van der Waals surface area contributed by atoms with Gasteiger partial charge in [-0.3, -0.25) is 4.79 Å². The highest BCUT2D eigenvalue weighted by molar-refractivity contribution is 5.94. The summed E-state index contributed by atoms with van der Waals surface area (Å²) >= 11 is 0. The lowest BCUT2D eigenvalue weighted by Crippen LogP contribution is -2.22. The molecule has 0 spiro atoms. The highest BCUT2D eigenvalue weighted by Crippen LogP contribution is 2.23. The SMILES string of the molecule is COc1cccc(CNC(=O)c2ccc(-c3cc(N4CCCC4)ncn3)cc2)c1. The molecule has 1 N–H and O–H groups in total. The Morgan fingerprint density at radius 3 is 2.62 bits per heavy atom. The molecule has 29 heavy (non-hydrogen) atoms. The monoisotopic (exact) mass is 388 g/mol. The first-order chi connectivity index (χ1) is 14.2. The number of methoxy groups -OCH3 is 1. The van der Waals surface area contributed by atoms with Gasteiger partial charge in [-0.2, -0.15) is 0 Å². The molecule has 0 aliphatic carbocycles. The smallest absolute Gasteiger partial charge is 0.251 e. The maximum Gasteiger partial charge on any atom is 0.251 e. The second kappa shape index (κ2) is 8.73. The van der Waals surface area contributed by atoms with Gasteiger partial charge in [0.05, 0.1) is 12.8 Å². The van der Waals surface area contributed by atoms with Crippen LogP contribution < -0.4 is 15.0 Å². The molecule has 1 aliphatic heterocycles. The summed E-state index contributed by atoms with van der Waals surface area (Å²) in [7, 11) is 1.63. The van der Waals surface area contributed by atoms with E-state index >= 15 is 0 Å². The molecule has 0 radical (unpaired) electrons. The van der Waals surface area contributed by atoms with E-state index in [0.717, 1.165) is 41.5 Å². The fraction of sp³-hybridized carbons (Fsp3) is 0.261. The van der Waals surface area contributed by atoms with Crippen molar-refractivity contribution in [3.05, 3.63) is 72.1 Å². The molecule has 1 fully saturated rings. The van der Waals surface area contributed by atoms with Crippen molar-refractivity contribution in [3.8, 4) is 17.0 Å². The van der Waals surface area contributed by atoms with Gasteiger partial charge in [0.2, 0.25) is 0 Å². The fourth-order valence-corrected chi connectivity index (χ4v) is 3.48.